The molecular weight excluding hydrogens is 409 g/mol. The number of ether oxygens (including phenoxy) is 1. The first-order valence-electron chi connectivity index (χ1n) is 11.3. The van der Waals surface area contributed by atoms with Crippen LogP contribution in [0.25, 0.3) is 0 Å². The van der Waals surface area contributed by atoms with E-state index in [2.05, 4.69) is 0 Å². The summed E-state index contributed by atoms with van der Waals surface area (Å²) in [6.07, 6.45) is -0.409. The second-order valence-corrected chi connectivity index (χ2v) is 7.86. The van der Waals surface area contributed by atoms with Crippen molar-refractivity contribution in [2.24, 2.45) is 5.92 Å². The topological polar surface area (TPSA) is 53.0 Å². The van der Waals surface area contributed by atoms with Crippen molar-refractivity contribution in [3.8, 4) is 5.75 Å². The molecule has 1 aliphatic rings. The first-order valence-corrected chi connectivity index (χ1v) is 9.84. The lowest BCUT2D eigenvalue weighted by molar-refractivity contribution is -0.141. The summed E-state index contributed by atoms with van der Waals surface area (Å²) in [5, 5.41) is 11.7. The van der Waals surface area contributed by atoms with Gasteiger partial charge < -0.3 is 19.6 Å². The van der Waals surface area contributed by atoms with Crippen LogP contribution in [0.1, 0.15) is 21.7 Å². The van der Waals surface area contributed by atoms with E-state index in [-0.39, 0.29) is 31.6 Å². The summed E-state index contributed by atoms with van der Waals surface area (Å²) < 4.78 is 69.1. The largest absolute Gasteiger partial charge is 0.497 e. The van der Waals surface area contributed by atoms with Crippen LogP contribution in [0, 0.1) is 23.4 Å². The quantitative estimate of drug-likeness (QED) is 0.704. The summed E-state index contributed by atoms with van der Waals surface area (Å²) in [4.78, 5) is 15.4. The number of methoxy groups -OCH3 is 1. The van der Waals surface area contributed by atoms with E-state index in [1.165, 1.54) is 19.1 Å². The Balaban J connectivity index is 1.87. The normalized spacial score (nSPS) is 23.3. The lowest BCUT2D eigenvalue weighted by Crippen LogP contribution is -2.54. The average molecular weight is 439 g/mol. The van der Waals surface area contributed by atoms with Crippen molar-refractivity contribution in [1.82, 2.24) is 9.80 Å². The van der Waals surface area contributed by atoms with Crippen LogP contribution in [0.15, 0.2) is 36.4 Å². The van der Waals surface area contributed by atoms with Crippen LogP contribution < -0.4 is 4.74 Å². The third-order valence-electron chi connectivity index (χ3n) is 5.73. The van der Waals surface area contributed by atoms with Crippen LogP contribution in [0.5, 0.6) is 5.75 Å². The Hall–Kier alpha value is -2.58. The Bertz CT molecular complexity index is 1050. The van der Waals surface area contributed by atoms with Crippen molar-refractivity contribution >= 4 is 5.91 Å². The number of carbonyl (C=O) groups is 1. The van der Waals surface area contributed by atoms with Gasteiger partial charge in [-0.05, 0) is 44.2 Å². The van der Waals surface area contributed by atoms with Gasteiger partial charge in [0.25, 0.3) is 0 Å². The molecule has 0 aromatic heterocycles. The number of likely N-dealkylation sites (tertiary alicyclic amines) is 1. The molecule has 0 aliphatic carbocycles. The van der Waals surface area contributed by atoms with E-state index in [1.54, 1.807) is 24.3 Å². The number of hydrogen-bond acceptors (Lipinski definition) is 4. The van der Waals surface area contributed by atoms with E-state index in [9.17, 15) is 23.1 Å². The van der Waals surface area contributed by atoms with E-state index in [0.29, 0.717) is 23.4 Å². The molecule has 2 atom stereocenters. The van der Waals surface area contributed by atoms with Crippen LogP contribution >= 0.6 is 0 Å². The third kappa shape index (κ3) is 5.02. The Morgan fingerprint density at radius 2 is 2.03 bits per heavy atom. The number of aliphatic hydroxyl groups is 1. The number of nitrogens with zero attached hydrogens (tertiary/aromatic N) is 2. The maximum absolute atomic E-state index is 14.1. The lowest BCUT2D eigenvalue weighted by atomic mass is 9.75. The van der Waals surface area contributed by atoms with Gasteiger partial charge in [0.05, 0.1) is 19.1 Å². The summed E-state index contributed by atoms with van der Waals surface area (Å²) >= 11 is 0. The first-order chi connectivity index (χ1) is 15.8. The van der Waals surface area contributed by atoms with Crippen LogP contribution in [-0.2, 0) is 16.8 Å². The Morgan fingerprint density at radius 3 is 2.74 bits per heavy atom. The first kappa shape index (κ1) is 19.1. The third-order valence-corrected chi connectivity index (χ3v) is 5.73. The smallest absolute Gasteiger partial charge is 0.227 e. The standard InChI is InChI=1S/C23H27F3N2O3/c1-27(2)13-17-14-28(22(29)10-15-9-20(25)21(26)12-19(15)24)8-7-23(17,30)16-5-4-6-18(11-16)31-3/h4-6,9,11-12,17,30H,7-8,10,13-14H2,1-3H3/t17-,23-/m1/s1/i1D3. The van der Waals surface area contributed by atoms with Crippen molar-refractivity contribution in [2.75, 3.05) is 40.8 Å². The fraction of sp³-hybridized carbons (Fsp3) is 0.435. The zero-order valence-electron chi connectivity index (χ0n) is 20.4. The fourth-order valence-electron chi connectivity index (χ4n) is 4.03. The molecule has 0 saturated carbocycles. The van der Waals surface area contributed by atoms with E-state index in [1.807, 2.05) is 0 Å². The van der Waals surface area contributed by atoms with Gasteiger partial charge in [0.15, 0.2) is 11.6 Å². The van der Waals surface area contributed by atoms with Gasteiger partial charge in [0.2, 0.25) is 5.91 Å². The van der Waals surface area contributed by atoms with E-state index in [0.717, 1.165) is 4.90 Å². The SMILES string of the molecule is [2H]C([2H])([2H])N(C)C[C@@H]1CN(C(=O)Cc2cc(F)c(F)cc2F)CC[C@@]1(O)c1cccc(OC)c1. The molecule has 3 rings (SSSR count). The Labute approximate surface area is 184 Å². The van der Waals surface area contributed by atoms with E-state index < -0.39 is 48.3 Å². The van der Waals surface area contributed by atoms with Gasteiger partial charge in [-0.2, -0.15) is 0 Å². The van der Waals surface area contributed by atoms with Crippen molar-refractivity contribution in [3.63, 3.8) is 0 Å². The predicted molar refractivity (Wildman–Crippen MR) is 110 cm³/mol. The van der Waals surface area contributed by atoms with Gasteiger partial charge in [-0.15, -0.1) is 0 Å². The number of benzene rings is 2. The number of piperidine rings is 1. The number of hydrogen-bond donors (Lipinski definition) is 1. The van der Waals surface area contributed by atoms with Gasteiger partial charge in [0, 0.05) is 41.3 Å². The van der Waals surface area contributed by atoms with Gasteiger partial charge >= 0.3 is 0 Å². The number of halogens is 3. The Kier molecular flexibility index (Phi) is 5.73. The van der Waals surface area contributed by atoms with Crippen molar-refractivity contribution in [2.45, 2.75) is 18.4 Å². The zero-order valence-corrected chi connectivity index (χ0v) is 17.4. The molecule has 31 heavy (non-hydrogen) atoms. The van der Waals surface area contributed by atoms with Gasteiger partial charge in [-0.1, -0.05) is 12.1 Å². The Morgan fingerprint density at radius 1 is 1.29 bits per heavy atom. The highest BCUT2D eigenvalue weighted by atomic mass is 19.2. The molecule has 0 unspecified atom stereocenters. The molecule has 1 fully saturated rings. The summed E-state index contributed by atoms with van der Waals surface area (Å²) in [6.45, 7) is -2.39. The lowest BCUT2D eigenvalue weighted by Gasteiger charge is -2.46. The minimum Gasteiger partial charge on any atom is -0.497 e. The molecule has 168 valence electrons. The maximum atomic E-state index is 14.1. The molecular formula is C23H27F3N2O3. The van der Waals surface area contributed by atoms with E-state index >= 15 is 0 Å². The second kappa shape index (κ2) is 9.28. The molecule has 0 radical (unpaired) electrons. The van der Waals surface area contributed by atoms with Crippen molar-refractivity contribution in [1.29, 1.82) is 0 Å². The highest BCUT2D eigenvalue weighted by Crippen LogP contribution is 2.39. The maximum Gasteiger partial charge on any atom is 0.227 e. The average Bonchev–Trinajstić information content (AvgIpc) is 2.78. The molecule has 8 heteroatoms. The highest BCUT2D eigenvalue weighted by molar-refractivity contribution is 5.79. The molecule has 1 saturated heterocycles. The predicted octanol–water partition coefficient (Wildman–Crippen LogP) is 2.95. The molecule has 0 spiro atoms. The molecule has 5 nitrogen and oxygen atoms in total. The van der Waals surface area contributed by atoms with Crippen LogP contribution in [0.3, 0.4) is 0 Å². The second-order valence-electron chi connectivity index (χ2n) is 7.86. The zero-order chi connectivity index (χ0) is 25.3. The van der Waals surface area contributed by atoms with Crippen molar-refractivity contribution in [3.05, 3.63) is 65.0 Å². The van der Waals surface area contributed by atoms with Crippen LogP contribution in [-0.4, -0.2) is 61.6 Å². The van der Waals surface area contributed by atoms with Crippen molar-refractivity contribution < 1.29 is 31.9 Å². The summed E-state index contributed by atoms with van der Waals surface area (Å²) in [5.74, 6) is -4.37. The van der Waals surface area contributed by atoms with Crippen LogP contribution in [0.2, 0.25) is 0 Å². The monoisotopic (exact) mass is 439 g/mol. The summed E-state index contributed by atoms with van der Waals surface area (Å²) in [5.41, 5.74) is -1.22. The fourth-order valence-corrected chi connectivity index (χ4v) is 4.03. The van der Waals surface area contributed by atoms with E-state index in [4.69, 9.17) is 8.85 Å². The molecule has 1 amide bonds. The molecule has 0 bridgehead atoms. The summed E-state index contributed by atoms with van der Waals surface area (Å²) in [7, 11) is 2.89. The highest BCUT2D eigenvalue weighted by Gasteiger charge is 2.44. The minimum atomic E-state index is -2.42. The minimum absolute atomic E-state index is 0.0156. The molecule has 2 aromatic rings. The molecule has 2 aromatic carbocycles. The molecule has 1 N–H and O–H groups in total. The van der Waals surface area contributed by atoms with Gasteiger partial charge in [0.1, 0.15) is 11.6 Å². The van der Waals surface area contributed by atoms with Crippen LogP contribution in [0.4, 0.5) is 13.2 Å². The molecule has 1 aliphatic heterocycles. The number of amides is 1. The van der Waals surface area contributed by atoms with Gasteiger partial charge in [-0.25, -0.2) is 13.2 Å². The van der Waals surface area contributed by atoms with Gasteiger partial charge in [-0.3, -0.25) is 4.79 Å². The number of carbonyl (C=O) groups excluding carboxylic acids is 1. The summed E-state index contributed by atoms with van der Waals surface area (Å²) in [6, 6.07) is 7.84. The molecule has 1 heterocycles. The number of rotatable bonds is 6.